The molecule has 30 heavy (non-hydrogen) atoms. The normalized spacial score (nSPS) is 19.7. The van der Waals surface area contributed by atoms with Gasteiger partial charge in [-0.25, -0.2) is 13.8 Å². The van der Waals surface area contributed by atoms with Crippen molar-refractivity contribution in [2.45, 2.75) is 25.9 Å². The molecule has 0 radical (unpaired) electrons. The minimum Gasteiger partial charge on any atom is -0.368 e. The van der Waals surface area contributed by atoms with Crippen molar-refractivity contribution >= 4 is 27.5 Å². The Balaban J connectivity index is 1.56. The lowest BCUT2D eigenvalue weighted by atomic mass is 10.1. The van der Waals surface area contributed by atoms with E-state index >= 15 is 4.39 Å². The maximum absolute atomic E-state index is 15.0. The number of aromatic nitrogens is 3. The molecule has 2 aromatic carbocycles. The van der Waals surface area contributed by atoms with Crippen LogP contribution in [-0.2, 0) is 7.05 Å². The number of nitrogens with one attached hydrogen (secondary N) is 1. The van der Waals surface area contributed by atoms with Crippen molar-refractivity contribution in [1.82, 2.24) is 20.1 Å². The molecule has 1 saturated heterocycles. The Morgan fingerprint density at radius 2 is 1.67 bits per heavy atom. The summed E-state index contributed by atoms with van der Waals surface area (Å²) in [6.45, 7) is 5.91. The predicted molar refractivity (Wildman–Crippen MR) is 116 cm³/mol. The van der Waals surface area contributed by atoms with Crippen LogP contribution in [-0.4, -0.2) is 39.9 Å². The number of benzene rings is 2. The average molecular weight is 407 g/mol. The number of anilines is 1. The first kappa shape index (κ1) is 18.9. The standard InChI is InChI=1S/C23H23F2N5/c1-13-10-30(11-14(2)26-13)18-7-15-4-5-21(27-22(15)20(25)9-18)16-6-17-12-29(3)28-23(17)19(24)8-16/h4-9,12-14,26H,10-11H2,1-3H3/t13-,14-/m0/s1. The van der Waals surface area contributed by atoms with E-state index in [1.807, 2.05) is 24.3 Å². The fourth-order valence-electron chi connectivity index (χ4n) is 4.42. The summed E-state index contributed by atoms with van der Waals surface area (Å²) in [4.78, 5) is 6.72. The highest BCUT2D eigenvalue weighted by Crippen LogP contribution is 2.30. The first-order valence-corrected chi connectivity index (χ1v) is 10.1. The summed E-state index contributed by atoms with van der Waals surface area (Å²) in [5, 5.41) is 9.04. The Hall–Kier alpha value is -3.06. The van der Waals surface area contributed by atoms with Crippen LogP contribution < -0.4 is 10.2 Å². The molecule has 2 aromatic heterocycles. The van der Waals surface area contributed by atoms with Gasteiger partial charge in [0.05, 0.1) is 5.69 Å². The smallest absolute Gasteiger partial charge is 0.151 e. The molecule has 3 heterocycles. The van der Waals surface area contributed by atoms with Crippen molar-refractivity contribution in [2.24, 2.45) is 7.05 Å². The average Bonchev–Trinajstić information content (AvgIpc) is 3.08. The van der Waals surface area contributed by atoms with Crippen LogP contribution in [0.2, 0.25) is 0 Å². The molecule has 1 N–H and O–H groups in total. The molecule has 5 rings (SSSR count). The maximum atomic E-state index is 15.0. The summed E-state index contributed by atoms with van der Waals surface area (Å²) >= 11 is 0. The van der Waals surface area contributed by atoms with E-state index in [1.165, 1.54) is 6.07 Å². The van der Waals surface area contributed by atoms with Gasteiger partial charge in [-0.15, -0.1) is 0 Å². The molecular formula is C23H23F2N5. The zero-order chi connectivity index (χ0) is 21.0. The van der Waals surface area contributed by atoms with Gasteiger partial charge in [0.1, 0.15) is 11.0 Å². The van der Waals surface area contributed by atoms with Crippen molar-refractivity contribution in [3.8, 4) is 11.3 Å². The summed E-state index contributed by atoms with van der Waals surface area (Å²) < 4.78 is 31.1. The number of hydrogen-bond acceptors (Lipinski definition) is 4. The number of nitrogens with zero attached hydrogens (tertiary/aromatic N) is 4. The Labute approximate surface area is 173 Å². The summed E-state index contributed by atoms with van der Waals surface area (Å²) in [5.74, 6) is -0.783. The van der Waals surface area contributed by atoms with Gasteiger partial charge in [0.2, 0.25) is 0 Å². The number of halogens is 2. The van der Waals surface area contributed by atoms with Crippen molar-refractivity contribution in [3.63, 3.8) is 0 Å². The van der Waals surface area contributed by atoms with E-state index in [4.69, 9.17) is 0 Å². The molecule has 4 aromatic rings. The third-order valence-electron chi connectivity index (χ3n) is 5.63. The van der Waals surface area contributed by atoms with Gasteiger partial charge in [-0.1, -0.05) is 6.07 Å². The molecular weight excluding hydrogens is 384 g/mol. The van der Waals surface area contributed by atoms with Gasteiger partial charge in [0.25, 0.3) is 0 Å². The molecule has 1 aliphatic rings. The van der Waals surface area contributed by atoms with E-state index in [9.17, 15) is 4.39 Å². The zero-order valence-electron chi connectivity index (χ0n) is 17.2. The molecule has 0 aliphatic carbocycles. The van der Waals surface area contributed by atoms with Gasteiger partial charge in [0, 0.05) is 60.4 Å². The van der Waals surface area contributed by atoms with Crippen LogP contribution in [0.15, 0.2) is 42.6 Å². The van der Waals surface area contributed by atoms with Crippen molar-refractivity contribution in [3.05, 3.63) is 54.2 Å². The van der Waals surface area contributed by atoms with E-state index in [1.54, 1.807) is 24.0 Å². The lowest BCUT2D eigenvalue weighted by Crippen LogP contribution is -2.54. The number of hydrogen-bond donors (Lipinski definition) is 1. The lowest BCUT2D eigenvalue weighted by Gasteiger charge is -2.37. The van der Waals surface area contributed by atoms with Crippen LogP contribution in [0, 0.1) is 11.6 Å². The summed E-state index contributed by atoms with van der Waals surface area (Å²) in [6, 6.07) is 11.1. The third kappa shape index (κ3) is 3.29. The number of aryl methyl sites for hydroxylation is 1. The van der Waals surface area contributed by atoms with Gasteiger partial charge < -0.3 is 10.2 Å². The van der Waals surface area contributed by atoms with E-state index in [-0.39, 0.29) is 5.82 Å². The number of fused-ring (bicyclic) bond motifs is 2. The number of piperazine rings is 1. The summed E-state index contributed by atoms with van der Waals surface area (Å²) in [5.41, 5.74) is 2.60. The van der Waals surface area contributed by atoms with Crippen LogP contribution in [0.5, 0.6) is 0 Å². The lowest BCUT2D eigenvalue weighted by molar-refractivity contribution is 0.407. The Morgan fingerprint density at radius 3 is 2.43 bits per heavy atom. The number of rotatable bonds is 2. The van der Waals surface area contributed by atoms with Crippen molar-refractivity contribution in [1.29, 1.82) is 0 Å². The van der Waals surface area contributed by atoms with E-state index < -0.39 is 5.82 Å². The molecule has 0 unspecified atom stereocenters. The van der Waals surface area contributed by atoms with Crippen LogP contribution in [0.4, 0.5) is 14.5 Å². The van der Waals surface area contributed by atoms with Gasteiger partial charge >= 0.3 is 0 Å². The van der Waals surface area contributed by atoms with Crippen LogP contribution in [0.25, 0.3) is 33.1 Å². The molecule has 0 bridgehead atoms. The quantitative estimate of drug-likeness (QED) is 0.540. The highest BCUT2D eigenvalue weighted by Gasteiger charge is 2.22. The van der Waals surface area contributed by atoms with Gasteiger partial charge in [-0.3, -0.25) is 4.68 Å². The topological polar surface area (TPSA) is 46.0 Å². The summed E-state index contributed by atoms with van der Waals surface area (Å²) in [7, 11) is 1.75. The van der Waals surface area contributed by atoms with Crippen LogP contribution >= 0.6 is 0 Å². The number of pyridine rings is 1. The first-order chi connectivity index (χ1) is 14.4. The molecule has 154 valence electrons. The summed E-state index contributed by atoms with van der Waals surface area (Å²) in [6.07, 6.45) is 1.76. The Morgan fingerprint density at radius 1 is 0.933 bits per heavy atom. The minimum absolute atomic E-state index is 0.291. The molecule has 7 heteroatoms. The molecule has 0 saturated carbocycles. The van der Waals surface area contributed by atoms with Crippen LogP contribution in [0.1, 0.15) is 13.8 Å². The second-order valence-electron chi connectivity index (χ2n) is 8.27. The Bertz CT molecular complexity index is 1260. The monoisotopic (exact) mass is 407 g/mol. The Kier molecular flexibility index (Phi) is 4.43. The largest absolute Gasteiger partial charge is 0.368 e. The van der Waals surface area contributed by atoms with Gasteiger partial charge in [0.15, 0.2) is 11.6 Å². The van der Waals surface area contributed by atoms with Gasteiger partial charge in [-0.05, 0) is 44.2 Å². The molecule has 1 fully saturated rings. The highest BCUT2D eigenvalue weighted by atomic mass is 19.1. The molecule has 0 spiro atoms. The van der Waals surface area contributed by atoms with Gasteiger partial charge in [-0.2, -0.15) is 5.10 Å². The first-order valence-electron chi connectivity index (χ1n) is 10.1. The SMILES string of the molecule is C[C@H]1CN(c2cc(F)c3nc(-c4cc(F)c5nn(C)cc5c4)ccc3c2)C[C@H](C)N1. The van der Waals surface area contributed by atoms with Crippen molar-refractivity contribution < 1.29 is 8.78 Å². The third-order valence-corrected chi connectivity index (χ3v) is 5.63. The molecule has 0 amide bonds. The molecule has 2 atom stereocenters. The highest BCUT2D eigenvalue weighted by molar-refractivity contribution is 5.88. The fraction of sp³-hybridized carbons (Fsp3) is 0.304. The maximum Gasteiger partial charge on any atom is 0.151 e. The zero-order valence-corrected chi connectivity index (χ0v) is 17.2. The second kappa shape index (κ2) is 7.02. The van der Waals surface area contributed by atoms with Crippen molar-refractivity contribution in [2.75, 3.05) is 18.0 Å². The van der Waals surface area contributed by atoms with E-state index in [2.05, 4.69) is 34.1 Å². The van der Waals surface area contributed by atoms with E-state index in [0.717, 1.165) is 24.2 Å². The second-order valence-corrected chi connectivity index (χ2v) is 8.27. The molecule has 1 aliphatic heterocycles. The predicted octanol–water partition coefficient (Wildman–Crippen LogP) is 4.25. The van der Waals surface area contributed by atoms with Crippen LogP contribution in [0.3, 0.4) is 0 Å². The fourth-order valence-corrected chi connectivity index (χ4v) is 4.42. The molecule has 5 nitrogen and oxygen atoms in total. The van der Waals surface area contributed by atoms with E-state index in [0.29, 0.717) is 39.8 Å². The minimum atomic E-state index is -0.414.